The van der Waals surface area contributed by atoms with E-state index in [1.54, 1.807) is 0 Å². The van der Waals surface area contributed by atoms with Gasteiger partial charge in [-0.2, -0.15) is 0 Å². The number of likely N-dealkylation sites (N-methyl/N-ethyl adjacent to an activating group) is 1. The van der Waals surface area contributed by atoms with Gasteiger partial charge in [-0.05, 0) is 13.0 Å². The SMILES string of the molecule is CCN1CCN(C(=O)CCCN2C(=O)CNC2=O)CC1. The van der Waals surface area contributed by atoms with Crippen molar-refractivity contribution < 1.29 is 14.4 Å². The molecule has 0 aliphatic carbocycles. The molecule has 0 aromatic carbocycles. The van der Waals surface area contributed by atoms with Crippen molar-refractivity contribution >= 4 is 17.8 Å². The minimum Gasteiger partial charge on any atom is -0.340 e. The first-order chi connectivity index (χ1) is 9.61. The van der Waals surface area contributed by atoms with Crippen LogP contribution >= 0.6 is 0 Å². The Labute approximate surface area is 118 Å². The fourth-order valence-corrected chi connectivity index (χ4v) is 2.54. The van der Waals surface area contributed by atoms with Gasteiger partial charge in [0.05, 0.1) is 6.54 Å². The molecule has 2 heterocycles. The second-order valence-corrected chi connectivity index (χ2v) is 5.12. The van der Waals surface area contributed by atoms with E-state index in [9.17, 15) is 14.4 Å². The summed E-state index contributed by atoms with van der Waals surface area (Å²) in [6.07, 6.45) is 0.926. The number of carbonyl (C=O) groups excluding carboxylic acids is 3. The Morgan fingerprint density at radius 3 is 2.45 bits per heavy atom. The molecule has 0 atom stereocenters. The summed E-state index contributed by atoms with van der Waals surface area (Å²) < 4.78 is 0. The topological polar surface area (TPSA) is 73.0 Å². The molecular weight excluding hydrogens is 260 g/mol. The van der Waals surface area contributed by atoms with Crippen molar-refractivity contribution in [2.75, 3.05) is 45.8 Å². The Bertz CT molecular complexity index is 375. The van der Waals surface area contributed by atoms with Gasteiger partial charge in [0.2, 0.25) is 11.8 Å². The number of hydrogen-bond acceptors (Lipinski definition) is 4. The summed E-state index contributed by atoms with van der Waals surface area (Å²) >= 11 is 0. The predicted octanol–water partition coefficient (Wildman–Crippen LogP) is -0.517. The number of carbonyl (C=O) groups is 3. The van der Waals surface area contributed by atoms with Crippen molar-refractivity contribution in [3.05, 3.63) is 0 Å². The summed E-state index contributed by atoms with van der Waals surface area (Å²) in [7, 11) is 0. The summed E-state index contributed by atoms with van der Waals surface area (Å²) in [6.45, 7) is 6.94. The van der Waals surface area contributed by atoms with Crippen molar-refractivity contribution in [2.45, 2.75) is 19.8 Å². The zero-order valence-corrected chi connectivity index (χ0v) is 11.9. The standard InChI is InChI=1S/C13H22N4O3/c1-2-15-6-8-16(9-7-15)11(18)4-3-5-17-12(19)10-14-13(17)20/h2-10H2,1H3,(H,14,20). The van der Waals surface area contributed by atoms with E-state index in [0.717, 1.165) is 32.7 Å². The first-order valence-electron chi connectivity index (χ1n) is 7.20. The third-order valence-corrected chi connectivity index (χ3v) is 3.88. The van der Waals surface area contributed by atoms with Crippen LogP contribution in [-0.4, -0.2) is 78.4 Å². The molecule has 0 aromatic rings. The molecule has 4 amide bonds. The molecule has 2 fully saturated rings. The fourth-order valence-electron chi connectivity index (χ4n) is 2.54. The average Bonchev–Trinajstić information content (AvgIpc) is 2.79. The van der Waals surface area contributed by atoms with Crippen LogP contribution in [0.2, 0.25) is 0 Å². The van der Waals surface area contributed by atoms with E-state index < -0.39 is 0 Å². The second-order valence-electron chi connectivity index (χ2n) is 5.12. The molecule has 2 rings (SSSR count). The van der Waals surface area contributed by atoms with Crippen molar-refractivity contribution in [3.63, 3.8) is 0 Å². The highest BCUT2D eigenvalue weighted by atomic mass is 16.2. The Morgan fingerprint density at radius 2 is 1.90 bits per heavy atom. The average molecular weight is 282 g/mol. The quantitative estimate of drug-likeness (QED) is 0.689. The summed E-state index contributed by atoms with van der Waals surface area (Å²) in [4.78, 5) is 40.1. The van der Waals surface area contributed by atoms with Gasteiger partial charge >= 0.3 is 6.03 Å². The van der Waals surface area contributed by atoms with Crippen LogP contribution in [0.1, 0.15) is 19.8 Å². The summed E-state index contributed by atoms with van der Waals surface area (Å²) in [5, 5.41) is 2.47. The number of amides is 4. The number of hydrogen-bond donors (Lipinski definition) is 1. The molecule has 0 aromatic heterocycles. The Hall–Kier alpha value is -1.63. The summed E-state index contributed by atoms with van der Waals surface area (Å²) in [6, 6.07) is -0.348. The van der Waals surface area contributed by atoms with Crippen LogP contribution in [0.25, 0.3) is 0 Å². The number of piperazine rings is 1. The molecule has 0 spiro atoms. The Kier molecular flexibility index (Phi) is 4.94. The molecule has 20 heavy (non-hydrogen) atoms. The highest BCUT2D eigenvalue weighted by Gasteiger charge is 2.28. The zero-order chi connectivity index (χ0) is 14.5. The van der Waals surface area contributed by atoms with Gasteiger partial charge in [0.25, 0.3) is 0 Å². The molecule has 2 aliphatic rings. The number of nitrogens with zero attached hydrogens (tertiary/aromatic N) is 3. The lowest BCUT2D eigenvalue weighted by Crippen LogP contribution is -2.48. The first-order valence-corrected chi connectivity index (χ1v) is 7.20. The van der Waals surface area contributed by atoms with Crippen molar-refractivity contribution in [1.29, 1.82) is 0 Å². The minimum absolute atomic E-state index is 0.0752. The van der Waals surface area contributed by atoms with Crippen molar-refractivity contribution in [2.24, 2.45) is 0 Å². The number of urea groups is 1. The van der Waals surface area contributed by atoms with E-state index in [0.29, 0.717) is 19.4 Å². The third kappa shape index (κ3) is 3.47. The van der Waals surface area contributed by atoms with Gasteiger partial charge < -0.3 is 15.1 Å². The lowest BCUT2D eigenvalue weighted by molar-refractivity contribution is -0.133. The predicted molar refractivity (Wildman–Crippen MR) is 73.0 cm³/mol. The van der Waals surface area contributed by atoms with Crippen LogP contribution < -0.4 is 5.32 Å². The summed E-state index contributed by atoms with van der Waals surface area (Å²) in [5.41, 5.74) is 0. The highest BCUT2D eigenvalue weighted by molar-refractivity contribution is 6.01. The van der Waals surface area contributed by atoms with E-state index in [-0.39, 0.29) is 24.4 Å². The molecule has 7 heteroatoms. The van der Waals surface area contributed by atoms with Gasteiger partial charge in [-0.3, -0.25) is 14.5 Å². The van der Waals surface area contributed by atoms with Gasteiger partial charge in [-0.15, -0.1) is 0 Å². The van der Waals surface area contributed by atoms with Crippen LogP contribution in [-0.2, 0) is 9.59 Å². The van der Waals surface area contributed by atoms with E-state index in [4.69, 9.17) is 0 Å². The number of nitrogens with one attached hydrogen (secondary N) is 1. The molecule has 2 aliphatic heterocycles. The minimum atomic E-state index is -0.348. The fraction of sp³-hybridized carbons (Fsp3) is 0.769. The van der Waals surface area contributed by atoms with Crippen LogP contribution in [0.4, 0.5) is 4.79 Å². The van der Waals surface area contributed by atoms with Crippen LogP contribution in [0.15, 0.2) is 0 Å². The molecule has 1 N–H and O–H groups in total. The van der Waals surface area contributed by atoms with E-state index in [1.165, 1.54) is 4.90 Å². The maximum atomic E-state index is 12.0. The van der Waals surface area contributed by atoms with Crippen LogP contribution in [0.5, 0.6) is 0 Å². The smallest absolute Gasteiger partial charge is 0.324 e. The maximum absolute atomic E-state index is 12.0. The molecule has 0 unspecified atom stereocenters. The molecule has 7 nitrogen and oxygen atoms in total. The second kappa shape index (κ2) is 6.69. The van der Waals surface area contributed by atoms with E-state index in [1.807, 2.05) is 4.90 Å². The molecule has 2 saturated heterocycles. The zero-order valence-electron chi connectivity index (χ0n) is 11.9. The van der Waals surface area contributed by atoms with E-state index >= 15 is 0 Å². The molecular formula is C13H22N4O3. The Morgan fingerprint density at radius 1 is 1.20 bits per heavy atom. The third-order valence-electron chi connectivity index (χ3n) is 3.88. The van der Waals surface area contributed by atoms with Gasteiger partial charge in [0, 0.05) is 39.1 Å². The van der Waals surface area contributed by atoms with Crippen LogP contribution in [0, 0.1) is 0 Å². The molecule has 112 valence electrons. The van der Waals surface area contributed by atoms with Crippen LogP contribution in [0.3, 0.4) is 0 Å². The van der Waals surface area contributed by atoms with E-state index in [2.05, 4.69) is 17.1 Å². The highest BCUT2D eigenvalue weighted by Crippen LogP contribution is 2.07. The van der Waals surface area contributed by atoms with Gasteiger partial charge in [0.1, 0.15) is 0 Å². The number of rotatable bonds is 5. The molecule has 0 bridgehead atoms. The number of imide groups is 1. The normalized spacial score (nSPS) is 20.4. The first kappa shape index (κ1) is 14.8. The molecule has 0 radical (unpaired) electrons. The summed E-state index contributed by atoms with van der Waals surface area (Å²) in [5.74, 6) is -0.0909. The van der Waals surface area contributed by atoms with Crippen molar-refractivity contribution in [1.82, 2.24) is 20.0 Å². The lowest BCUT2D eigenvalue weighted by Gasteiger charge is -2.34. The Balaban J connectivity index is 1.68. The van der Waals surface area contributed by atoms with Gasteiger partial charge in [-0.1, -0.05) is 6.92 Å². The maximum Gasteiger partial charge on any atom is 0.324 e. The largest absolute Gasteiger partial charge is 0.340 e. The molecule has 0 saturated carbocycles. The van der Waals surface area contributed by atoms with Crippen molar-refractivity contribution in [3.8, 4) is 0 Å². The van der Waals surface area contributed by atoms with Gasteiger partial charge in [0.15, 0.2) is 0 Å². The van der Waals surface area contributed by atoms with Gasteiger partial charge in [-0.25, -0.2) is 4.79 Å². The monoisotopic (exact) mass is 282 g/mol. The lowest BCUT2D eigenvalue weighted by atomic mass is 10.2.